The number of fused-ring (bicyclic) bond motifs is 1. The number of hydrogen-bond donors (Lipinski definition) is 0. The average Bonchev–Trinajstić information content (AvgIpc) is 2.38. The maximum atomic E-state index is 13.3. The van der Waals surface area contributed by atoms with Crippen LogP contribution in [0.5, 0.6) is 0 Å². The number of halogens is 1. The monoisotopic (exact) mass is 286 g/mol. The maximum absolute atomic E-state index is 13.3. The molecule has 0 N–H and O–H groups in total. The predicted octanol–water partition coefficient (Wildman–Crippen LogP) is 1.94. The van der Waals surface area contributed by atoms with Crippen molar-refractivity contribution < 1.29 is 12.8 Å². The molecule has 1 atom stereocenters. The van der Waals surface area contributed by atoms with Crippen LogP contribution in [0.3, 0.4) is 0 Å². The first-order chi connectivity index (χ1) is 8.87. The van der Waals surface area contributed by atoms with Crippen LogP contribution in [0.15, 0.2) is 18.2 Å². The lowest BCUT2D eigenvalue weighted by molar-refractivity contribution is 0.298. The van der Waals surface area contributed by atoms with E-state index in [4.69, 9.17) is 0 Å². The molecule has 1 aliphatic rings. The Morgan fingerprint density at radius 2 is 2.16 bits per heavy atom. The molecular weight excluding hydrogens is 267 g/mol. The summed E-state index contributed by atoms with van der Waals surface area (Å²) in [4.78, 5) is 0. The second-order valence-electron chi connectivity index (χ2n) is 4.80. The second-order valence-corrected chi connectivity index (χ2v) is 6.79. The van der Waals surface area contributed by atoms with Gasteiger partial charge in [0.05, 0.1) is 0 Å². The first-order valence-corrected chi connectivity index (χ1v) is 7.79. The molecule has 0 saturated carbocycles. The van der Waals surface area contributed by atoms with Crippen molar-refractivity contribution in [2.24, 2.45) is 0 Å². The minimum atomic E-state index is -3.47. The molecule has 0 aromatic heterocycles. The van der Waals surface area contributed by atoms with Gasteiger partial charge >= 0.3 is 0 Å². The summed E-state index contributed by atoms with van der Waals surface area (Å²) in [6.45, 7) is 4.45. The fourth-order valence-corrected chi connectivity index (χ4v) is 3.94. The van der Waals surface area contributed by atoms with Crippen molar-refractivity contribution in [1.82, 2.24) is 8.61 Å². The molecule has 6 heteroatoms. The summed E-state index contributed by atoms with van der Waals surface area (Å²) in [6.07, 6.45) is 0.622. The molecule has 2 rings (SSSR count). The molecule has 1 aliphatic heterocycles. The highest BCUT2D eigenvalue weighted by Gasteiger charge is 2.34. The van der Waals surface area contributed by atoms with E-state index < -0.39 is 10.2 Å². The Hall–Kier alpha value is -0.980. The molecule has 0 amide bonds. The first-order valence-electron chi connectivity index (χ1n) is 6.39. The Bertz CT molecular complexity index is 574. The fraction of sp³-hybridized carbons (Fsp3) is 0.538. The molecule has 1 aromatic carbocycles. The molecule has 0 spiro atoms. The third-order valence-corrected chi connectivity index (χ3v) is 5.86. The van der Waals surface area contributed by atoms with Gasteiger partial charge in [-0.1, -0.05) is 13.0 Å². The van der Waals surface area contributed by atoms with Crippen molar-refractivity contribution in [3.63, 3.8) is 0 Å². The standard InChI is InChI=1S/C13H19FN2O2S/c1-4-15(3)19(17,18)16-8-7-11-5-6-12(14)9-13(11)10(16)2/h5-6,9-10H,4,7-8H2,1-3H3. The van der Waals surface area contributed by atoms with Crippen LogP contribution in [0, 0.1) is 5.82 Å². The van der Waals surface area contributed by atoms with Crippen molar-refractivity contribution in [3.8, 4) is 0 Å². The SMILES string of the molecule is CCN(C)S(=O)(=O)N1CCc2ccc(F)cc2C1C. The third kappa shape index (κ3) is 2.52. The van der Waals surface area contributed by atoms with Crippen molar-refractivity contribution in [2.75, 3.05) is 20.1 Å². The smallest absolute Gasteiger partial charge is 0.207 e. The van der Waals surface area contributed by atoms with Gasteiger partial charge in [0, 0.05) is 26.2 Å². The molecule has 0 radical (unpaired) electrons. The van der Waals surface area contributed by atoms with E-state index in [1.54, 1.807) is 27.0 Å². The molecule has 1 heterocycles. The van der Waals surface area contributed by atoms with Gasteiger partial charge in [-0.3, -0.25) is 0 Å². The molecule has 0 bridgehead atoms. The van der Waals surface area contributed by atoms with E-state index in [-0.39, 0.29) is 11.9 Å². The van der Waals surface area contributed by atoms with E-state index in [2.05, 4.69) is 0 Å². The molecule has 0 saturated heterocycles. The first kappa shape index (κ1) is 14.4. The largest absolute Gasteiger partial charge is 0.282 e. The summed E-state index contributed by atoms with van der Waals surface area (Å²) in [7, 11) is -1.91. The van der Waals surface area contributed by atoms with E-state index in [1.165, 1.54) is 20.7 Å². The van der Waals surface area contributed by atoms with Crippen LogP contribution < -0.4 is 0 Å². The van der Waals surface area contributed by atoms with Gasteiger partial charge < -0.3 is 0 Å². The maximum Gasteiger partial charge on any atom is 0.282 e. The van der Waals surface area contributed by atoms with E-state index in [0.29, 0.717) is 19.5 Å². The van der Waals surface area contributed by atoms with Crippen LogP contribution in [-0.2, 0) is 16.6 Å². The Labute approximate surface area is 114 Å². The minimum absolute atomic E-state index is 0.325. The summed E-state index contributed by atoms with van der Waals surface area (Å²) in [6, 6.07) is 4.27. The van der Waals surface area contributed by atoms with Gasteiger partial charge in [-0.05, 0) is 36.6 Å². The van der Waals surface area contributed by atoms with Crippen LogP contribution in [0.2, 0.25) is 0 Å². The molecule has 1 aromatic rings. The van der Waals surface area contributed by atoms with E-state index in [1.807, 2.05) is 0 Å². The summed E-state index contributed by atoms with van der Waals surface area (Å²) in [5.41, 5.74) is 1.79. The van der Waals surface area contributed by atoms with Crippen molar-refractivity contribution in [1.29, 1.82) is 0 Å². The second kappa shape index (κ2) is 5.19. The van der Waals surface area contributed by atoms with Crippen molar-refractivity contribution in [2.45, 2.75) is 26.3 Å². The van der Waals surface area contributed by atoms with Gasteiger partial charge in [0.25, 0.3) is 10.2 Å². The molecule has 0 aliphatic carbocycles. The van der Waals surface area contributed by atoms with Crippen molar-refractivity contribution >= 4 is 10.2 Å². The quantitative estimate of drug-likeness (QED) is 0.852. The van der Waals surface area contributed by atoms with Crippen LogP contribution in [0.1, 0.15) is 31.0 Å². The van der Waals surface area contributed by atoms with Gasteiger partial charge in [-0.15, -0.1) is 0 Å². The normalized spacial score (nSPS) is 20.6. The predicted molar refractivity (Wildman–Crippen MR) is 72.4 cm³/mol. The molecule has 4 nitrogen and oxygen atoms in total. The van der Waals surface area contributed by atoms with E-state index in [9.17, 15) is 12.8 Å². The lowest BCUT2D eigenvalue weighted by Gasteiger charge is -2.36. The Morgan fingerprint density at radius 3 is 2.79 bits per heavy atom. The van der Waals surface area contributed by atoms with Gasteiger partial charge in [-0.25, -0.2) is 4.39 Å². The number of hydrogen-bond acceptors (Lipinski definition) is 2. The minimum Gasteiger partial charge on any atom is -0.207 e. The van der Waals surface area contributed by atoms with Gasteiger partial charge in [0.1, 0.15) is 5.82 Å². The number of rotatable bonds is 3. The Balaban J connectivity index is 2.39. The molecular formula is C13H19FN2O2S. The Morgan fingerprint density at radius 1 is 1.47 bits per heavy atom. The summed E-state index contributed by atoms with van der Waals surface area (Å²) in [5.74, 6) is -0.325. The highest BCUT2D eigenvalue weighted by Crippen LogP contribution is 2.32. The van der Waals surface area contributed by atoms with Crippen molar-refractivity contribution in [3.05, 3.63) is 35.1 Å². The summed E-state index contributed by atoms with van der Waals surface area (Å²) < 4.78 is 40.9. The topological polar surface area (TPSA) is 40.6 Å². The van der Waals surface area contributed by atoms with E-state index in [0.717, 1.165) is 11.1 Å². The molecule has 1 unspecified atom stereocenters. The van der Waals surface area contributed by atoms with Gasteiger partial charge in [0.15, 0.2) is 0 Å². The van der Waals surface area contributed by atoms with Gasteiger partial charge in [0.2, 0.25) is 0 Å². The highest BCUT2D eigenvalue weighted by molar-refractivity contribution is 7.86. The summed E-state index contributed by atoms with van der Waals surface area (Å²) >= 11 is 0. The van der Waals surface area contributed by atoms with Gasteiger partial charge in [-0.2, -0.15) is 17.0 Å². The molecule has 106 valence electrons. The van der Waals surface area contributed by atoms with E-state index >= 15 is 0 Å². The van der Waals surface area contributed by atoms with Crippen LogP contribution in [0.4, 0.5) is 4.39 Å². The summed E-state index contributed by atoms with van der Waals surface area (Å²) in [5, 5.41) is 0. The fourth-order valence-electron chi connectivity index (χ4n) is 2.42. The van der Waals surface area contributed by atoms with Crippen LogP contribution in [-0.4, -0.2) is 37.2 Å². The molecule has 19 heavy (non-hydrogen) atoms. The van der Waals surface area contributed by atoms with Crippen LogP contribution in [0.25, 0.3) is 0 Å². The number of benzene rings is 1. The zero-order valence-corrected chi connectivity index (χ0v) is 12.2. The highest BCUT2D eigenvalue weighted by atomic mass is 32.2. The lowest BCUT2D eigenvalue weighted by Crippen LogP contribution is -2.46. The zero-order valence-electron chi connectivity index (χ0n) is 11.4. The third-order valence-electron chi connectivity index (χ3n) is 3.73. The lowest BCUT2D eigenvalue weighted by atomic mass is 9.95. The number of nitrogens with zero attached hydrogens (tertiary/aromatic N) is 2. The molecule has 0 fully saturated rings. The Kier molecular flexibility index (Phi) is 3.94. The average molecular weight is 286 g/mol. The zero-order chi connectivity index (χ0) is 14.2. The van der Waals surface area contributed by atoms with Crippen LogP contribution >= 0.6 is 0 Å².